The number of unbranched alkanes of at least 4 members (excludes halogenated alkanes) is 39. The van der Waals surface area contributed by atoms with Crippen LogP contribution in [0.25, 0.3) is 0 Å². The molecule has 24 nitrogen and oxygen atoms in total. The summed E-state index contributed by atoms with van der Waals surface area (Å²) >= 11 is 0. The van der Waals surface area contributed by atoms with Crippen LogP contribution in [0.4, 0.5) is 0 Å². The second-order valence-electron chi connectivity index (χ2n) is 28.1. The maximum absolute atomic E-state index is 14.4. The van der Waals surface area contributed by atoms with Gasteiger partial charge in [0, 0.05) is 52.0 Å². The molecule has 0 fully saturated rings. The zero-order valence-corrected chi connectivity index (χ0v) is 64.7. The molecule has 0 unspecified atom stereocenters. The van der Waals surface area contributed by atoms with Crippen LogP contribution in [-0.4, -0.2) is 220 Å². The van der Waals surface area contributed by atoms with Crippen LogP contribution in [-0.2, 0) is 81.0 Å². The van der Waals surface area contributed by atoms with Gasteiger partial charge in [-0.2, -0.15) is 0 Å². The molecule has 0 aromatic heterocycles. The molecule has 0 amide bonds. The molecule has 24 heteroatoms. The first-order chi connectivity index (χ1) is 50.0. The van der Waals surface area contributed by atoms with E-state index in [0.29, 0.717) is 51.9 Å². The van der Waals surface area contributed by atoms with Crippen LogP contribution in [0.15, 0.2) is 0 Å². The Morgan fingerprint density at radius 1 is 0.243 bits per heavy atom. The smallest absolute Gasteiger partial charge is 0.322 e. The van der Waals surface area contributed by atoms with Crippen LogP contribution in [0, 0.1) is 5.41 Å². The molecule has 0 radical (unpaired) electrons. The number of hydrogen-bond acceptors (Lipinski definition) is 20. The number of aliphatic carboxylic acids is 4. The SMILES string of the molecule is CCCCCCCCCCCCCCCC(=O)OCC(COC(=O)CCCCCCCCCCCCCCC)(COC(=O)CCCCCCCCCCCCCCC)C(=O)OCCCCCCOCCOCCOCCOC(=O)CN(CCN(CCN(CC(=O)O)CC(=O)O)CC(=O)O)CC(=O)O. The van der Waals surface area contributed by atoms with Crippen molar-refractivity contribution in [3.05, 3.63) is 0 Å². The highest BCUT2D eigenvalue weighted by Crippen LogP contribution is 2.26. The van der Waals surface area contributed by atoms with Gasteiger partial charge >= 0.3 is 53.7 Å². The van der Waals surface area contributed by atoms with E-state index in [9.17, 15) is 53.4 Å². The van der Waals surface area contributed by atoms with Gasteiger partial charge in [-0.1, -0.05) is 258 Å². The number of nitrogens with zero attached hydrogens (tertiary/aromatic N) is 3. The summed E-state index contributed by atoms with van der Waals surface area (Å²) in [6, 6.07) is 0. The minimum atomic E-state index is -1.76. The van der Waals surface area contributed by atoms with Crippen molar-refractivity contribution in [3.63, 3.8) is 0 Å². The van der Waals surface area contributed by atoms with E-state index in [0.717, 1.165) is 75.5 Å². The van der Waals surface area contributed by atoms with Crippen molar-refractivity contribution in [1.82, 2.24) is 14.7 Å². The number of esters is 5. The number of carboxylic acids is 4. The number of carboxylic acid groups (broad SMARTS) is 4. The van der Waals surface area contributed by atoms with Crippen molar-refractivity contribution in [1.29, 1.82) is 0 Å². The van der Waals surface area contributed by atoms with Gasteiger partial charge in [-0.15, -0.1) is 0 Å². The van der Waals surface area contributed by atoms with E-state index in [-0.39, 0.29) is 78.5 Å². The number of carbonyl (C=O) groups is 9. The molecule has 0 aromatic rings. The van der Waals surface area contributed by atoms with Crippen LogP contribution in [0.3, 0.4) is 0 Å². The first-order valence-electron chi connectivity index (χ1n) is 40.5. The van der Waals surface area contributed by atoms with Gasteiger partial charge in [0.1, 0.15) is 26.4 Å². The second-order valence-corrected chi connectivity index (χ2v) is 28.1. The summed E-state index contributed by atoms with van der Waals surface area (Å²) in [4.78, 5) is 116. The number of ether oxygens (including phenoxy) is 8. The standard InChI is InChI=1S/C79H145N3O21/c1-4-7-10-13-16-19-22-25-28-31-34-37-42-47-74(91)101-67-79(68-102-75(92)48-43-38-35-32-29-26-23-20-17-14-11-8-5-2,69-103-76(93)49-44-39-36-33-30-27-24-21-18-15-12-9-6-3)78(95)100-55-46-41-40-45-54-96-56-57-97-58-59-98-60-61-99-77(94)66-82(65-73(89)90)53-51-80(62-70(83)84)50-52-81(63-71(85)86)64-72(87)88/h4-69H2,1-3H3,(H,83,84)(H,85,86)(H,87,88)(H,89,90). The predicted molar refractivity (Wildman–Crippen MR) is 399 cm³/mol. The lowest BCUT2D eigenvalue weighted by molar-refractivity contribution is -0.180. The van der Waals surface area contributed by atoms with E-state index in [1.54, 1.807) is 0 Å². The number of rotatable bonds is 81. The summed E-state index contributed by atoms with van der Waals surface area (Å²) in [6.45, 7) is 4.05. The molecule has 0 heterocycles. The maximum Gasteiger partial charge on any atom is 0.322 e. The molecule has 602 valence electrons. The molecule has 103 heavy (non-hydrogen) atoms. The van der Waals surface area contributed by atoms with Gasteiger partial charge in [0.2, 0.25) is 0 Å². The average Bonchev–Trinajstić information content (AvgIpc) is 0.830. The molecule has 0 aliphatic carbocycles. The minimum absolute atomic E-state index is 0.0222. The molecule has 0 bridgehead atoms. The van der Waals surface area contributed by atoms with Crippen molar-refractivity contribution in [2.45, 2.75) is 316 Å². The van der Waals surface area contributed by atoms with E-state index < -0.39 is 112 Å². The normalized spacial score (nSPS) is 11.6. The summed E-state index contributed by atoms with van der Waals surface area (Å²) in [6.07, 6.45) is 48.9. The Morgan fingerprint density at radius 2 is 0.485 bits per heavy atom. The van der Waals surface area contributed by atoms with Crippen molar-refractivity contribution in [2.75, 3.05) is 132 Å². The summed E-state index contributed by atoms with van der Waals surface area (Å²) in [7, 11) is 0. The highest BCUT2D eigenvalue weighted by atomic mass is 16.6. The van der Waals surface area contributed by atoms with E-state index in [2.05, 4.69) is 20.8 Å². The number of hydrogen-bond donors (Lipinski definition) is 4. The van der Waals surface area contributed by atoms with Gasteiger partial charge in [-0.3, -0.25) is 57.9 Å². The third-order valence-corrected chi connectivity index (χ3v) is 18.3. The van der Waals surface area contributed by atoms with Crippen LogP contribution >= 0.6 is 0 Å². The average molecular weight is 1470 g/mol. The largest absolute Gasteiger partial charge is 0.480 e. The fourth-order valence-electron chi connectivity index (χ4n) is 12.0. The molecule has 0 atom stereocenters. The van der Waals surface area contributed by atoms with Crippen LogP contribution in [0.1, 0.15) is 316 Å². The summed E-state index contributed by atoms with van der Waals surface area (Å²) < 4.78 is 45.5. The predicted octanol–water partition coefficient (Wildman–Crippen LogP) is 15.0. The van der Waals surface area contributed by atoms with Crippen LogP contribution in [0.2, 0.25) is 0 Å². The highest BCUT2D eigenvalue weighted by Gasteiger charge is 2.45. The van der Waals surface area contributed by atoms with E-state index >= 15 is 0 Å². The molecule has 0 rings (SSSR count). The summed E-state index contributed by atoms with van der Waals surface area (Å²) in [5, 5.41) is 37.1. The zero-order chi connectivity index (χ0) is 75.8. The summed E-state index contributed by atoms with van der Waals surface area (Å²) in [5.41, 5.74) is -1.76. The molecular weight excluding hydrogens is 1330 g/mol. The van der Waals surface area contributed by atoms with E-state index in [4.69, 9.17) is 48.1 Å². The molecule has 0 aromatic carbocycles. The van der Waals surface area contributed by atoms with Crippen LogP contribution in [0.5, 0.6) is 0 Å². The highest BCUT2D eigenvalue weighted by molar-refractivity contribution is 5.80. The Morgan fingerprint density at radius 3 is 0.796 bits per heavy atom. The monoisotopic (exact) mass is 1470 g/mol. The molecule has 0 spiro atoms. The Bertz CT molecular complexity index is 1980. The first-order valence-corrected chi connectivity index (χ1v) is 40.5. The van der Waals surface area contributed by atoms with Gasteiger partial charge in [0.05, 0.1) is 72.4 Å². The van der Waals surface area contributed by atoms with Gasteiger partial charge in [0.25, 0.3) is 0 Å². The third kappa shape index (κ3) is 67.4. The van der Waals surface area contributed by atoms with Gasteiger partial charge < -0.3 is 58.3 Å². The Balaban J connectivity index is 5.37. The molecule has 0 saturated heterocycles. The van der Waals surface area contributed by atoms with Crippen molar-refractivity contribution in [2.24, 2.45) is 5.41 Å². The van der Waals surface area contributed by atoms with Crippen molar-refractivity contribution in [3.8, 4) is 0 Å². The van der Waals surface area contributed by atoms with Crippen molar-refractivity contribution >= 4 is 53.7 Å². The van der Waals surface area contributed by atoms with Gasteiger partial charge in [-0.05, 0) is 38.5 Å². The fraction of sp³-hybridized carbons (Fsp3) is 0.886. The molecule has 0 aliphatic heterocycles. The molecule has 0 saturated carbocycles. The van der Waals surface area contributed by atoms with E-state index in [1.807, 2.05) is 0 Å². The van der Waals surface area contributed by atoms with Gasteiger partial charge in [0.15, 0.2) is 5.41 Å². The Hall–Kier alpha value is -5.01. The topological polar surface area (TPSA) is 318 Å². The van der Waals surface area contributed by atoms with E-state index in [1.165, 1.54) is 183 Å². The molecular formula is C79H145N3O21. The molecule has 0 aliphatic rings. The van der Waals surface area contributed by atoms with Gasteiger partial charge in [-0.25, -0.2) is 0 Å². The lowest BCUT2D eigenvalue weighted by Crippen LogP contribution is -2.47. The quantitative estimate of drug-likeness (QED) is 0.0250. The first kappa shape index (κ1) is 98.0. The summed E-state index contributed by atoms with van der Waals surface area (Å²) in [5.74, 6) is -7.86. The molecule has 4 N–H and O–H groups in total. The zero-order valence-electron chi connectivity index (χ0n) is 64.7. The third-order valence-electron chi connectivity index (χ3n) is 18.3. The lowest BCUT2D eigenvalue weighted by atomic mass is 9.91. The Kier molecular flexibility index (Phi) is 69.0. The fourth-order valence-corrected chi connectivity index (χ4v) is 12.0. The number of carbonyl (C=O) groups excluding carboxylic acids is 5. The Labute approximate surface area is 620 Å². The lowest BCUT2D eigenvalue weighted by Gasteiger charge is -2.30. The van der Waals surface area contributed by atoms with Crippen LogP contribution < -0.4 is 0 Å². The maximum atomic E-state index is 14.4. The van der Waals surface area contributed by atoms with Crippen molar-refractivity contribution < 1.29 is 101 Å². The second kappa shape index (κ2) is 72.5. The minimum Gasteiger partial charge on any atom is -0.480 e.